The van der Waals surface area contributed by atoms with Crippen molar-refractivity contribution >= 4 is 17.5 Å². The Bertz CT molecular complexity index is 1560. The van der Waals surface area contributed by atoms with Gasteiger partial charge in [0.15, 0.2) is 0 Å². The molecule has 0 aliphatic heterocycles. The molecule has 238 valence electrons. The average Bonchev–Trinajstić information content (AvgIpc) is 3.38. The molecule has 4 aromatic rings. The van der Waals surface area contributed by atoms with Crippen molar-refractivity contribution in [2.45, 2.75) is 71.6 Å². The summed E-state index contributed by atoms with van der Waals surface area (Å²) >= 11 is 0. The predicted molar refractivity (Wildman–Crippen MR) is 177 cm³/mol. The van der Waals surface area contributed by atoms with Gasteiger partial charge in [0.2, 0.25) is 5.79 Å². The number of carbonyl (C=O) groups is 2. The second-order valence-corrected chi connectivity index (χ2v) is 11.6. The molecule has 0 fully saturated rings. The molecule has 1 aromatic heterocycles. The Balaban J connectivity index is 1.75. The van der Waals surface area contributed by atoms with Crippen LogP contribution in [-0.2, 0) is 11.3 Å². The minimum Gasteiger partial charge on any atom is -0.358 e. The molecule has 0 bridgehead atoms. The first kappa shape index (κ1) is 33.6. The predicted octanol–water partition coefficient (Wildman–Crippen LogP) is 7.45. The van der Waals surface area contributed by atoms with Gasteiger partial charge in [-0.05, 0) is 80.1 Å². The van der Waals surface area contributed by atoms with E-state index >= 15 is 0 Å². The van der Waals surface area contributed by atoms with E-state index in [1.54, 1.807) is 26.0 Å². The van der Waals surface area contributed by atoms with Crippen molar-refractivity contribution in [2.75, 3.05) is 18.4 Å². The maximum Gasteiger partial charge on any atom is 0.282 e. The molecule has 0 saturated heterocycles. The minimum absolute atomic E-state index is 0.0348. The van der Waals surface area contributed by atoms with Crippen LogP contribution in [0.1, 0.15) is 75.3 Å². The SMILES string of the molecule is CCN(CC)C(=O)C(O)(O)CCCCCn1c(-c2ccc(F)cc2)c(-c2ccccc2)c(C(=O)Nc2ccccc2)c1C(C)C. The summed E-state index contributed by atoms with van der Waals surface area (Å²) in [5, 5.41) is 24.1. The largest absolute Gasteiger partial charge is 0.358 e. The van der Waals surface area contributed by atoms with Gasteiger partial charge < -0.3 is 25.0 Å². The summed E-state index contributed by atoms with van der Waals surface area (Å²) in [5.74, 6) is -3.70. The molecule has 7 nitrogen and oxygen atoms in total. The van der Waals surface area contributed by atoms with Crippen molar-refractivity contribution in [2.24, 2.45) is 0 Å². The summed E-state index contributed by atoms with van der Waals surface area (Å²) in [6.07, 6.45) is 1.64. The van der Waals surface area contributed by atoms with Crippen LogP contribution >= 0.6 is 0 Å². The van der Waals surface area contributed by atoms with Gasteiger partial charge in [-0.25, -0.2) is 4.39 Å². The number of hydrogen-bond donors (Lipinski definition) is 3. The van der Waals surface area contributed by atoms with Gasteiger partial charge in [-0.15, -0.1) is 0 Å². The minimum atomic E-state index is -2.41. The zero-order valence-electron chi connectivity index (χ0n) is 26.6. The van der Waals surface area contributed by atoms with Crippen LogP contribution in [0, 0.1) is 5.82 Å². The van der Waals surface area contributed by atoms with Crippen LogP contribution < -0.4 is 5.32 Å². The Morgan fingerprint density at radius 1 is 0.844 bits per heavy atom. The molecule has 0 spiro atoms. The fraction of sp³-hybridized carbons (Fsp3) is 0.351. The molecule has 0 aliphatic carbocycles. The van der Waals surface area contributed by atoms with Crippen LogP contribution in [0.25, 0.3) is 22.4 Å². The third-order valence-electron chi connectivity index (χ3n) is 8.09. The summed E-state index contributed by atoms with van der Waals surface area (Å²) in [6, 6.07) is 25.4. The Hall–Kier alpha value is -4.27. The van der Waals surface area contributed by atoms with Gasteiger partial charge in [0, 0.05) is 43.0 Å². The number of halogens is 1. The molecule has 2 amide bonds. The van der Waals surface area contributed by atoms with Crippen molar-refractivity contribution in [3.8, 4) is 22.4 Å². The van der Waals surface area contributed by atoms with Crippen LogP contribution in [0.4, 0.5) is 10.1 Å². The first-order valence-corrected chi connectivity index (χ1v) is 15.8. The van der Waals surface area contributed by atoms with Crippen LogP contribution in [-0.4, -0.2) is 50.4 Å². The van der Waals surface area contributed by atoms with E-state index in [4.69, 9.17) is 0 Å². The number of rotatable bonds is 14. The molecule has 8 heteroatoms. The number of anilines is 1. The van der Waals surface area contributed by atoms with Gasteiger partial charge in [-0.3, -0.25) is 9.59 Å². The third-order valence-corrected chi connectivity index (χ3v) is 8.09. The Labute approximate surface area is 265 Å². The summed E-state index contributed by atoms with van der Waals surface area (Å²) < 4.78 is 16.3. The van der Waals surface area contributed by atoms with Gasteiger partial charge in [0.25, 0.3) is 11.8 Å². The summed E-state index contributed by atoms with van der Waals surface area (Å²) in [7, 11) is 0. The van der Waals surface area contributed by atoms with E-state index in [0.717, 1.165) is 28.1 Å². The molecule has 0 aliphatic rings. The highest BCUT2D eigenvalue weighted by Gasteiger charge is 2.35. The lowest BCUT2D eigenvalue weighted by Crippen LogP contribution is -2.49. The van der Waals surface area contributed by atoms with Gasteiger partial charge >= 0.3 is 0 Å². The van der Waals surface area contributed by atoms with Crippen LogP contribution in [0.3, 0.4) is 0 Å². The maximum absolute atomic E-state index is 14.2. The molecule has 0 atom stereocenters. The number of aromatic nitrogens is 1. The van der Waals surface area contributed by atoms with Crippen molar-refractivity contribution in [1.29, 1.82) is 0 Å². The van der Waals surface area contributed by atoms with Crippen molar-refractivity contribution in [3.63, 3.8) is 0 Å². The van der Waals surface area contributed by atoms with E-state index in [-0.39, 0.29) is 24.1 Å². The number of carbonyl (C=O) groups excluding carboxylic acids is 2. The third kappa shape index (κ3) is 7.88. The smallest absolute Gasteiger partial charge is 0.282 e. The van der Waals surface area contributed by atoms with E-state index in [2.05, 4.69) is 23.7 Å². The molecule has 3 aromatic carbocycles. The summed E-state index contributed by atoms with van der Waals surface area (Å²) in [4.78, 5) is 28.2. The normalized spacial score (nSPS) is 11.6. The standard InChI is InChI=1S/C37H44FN3O4/c1-5-40(6-2)36(43)37(44,45)24-14-9-15-25-41-33(26(3)4)32(35(42)39-30-18-12-8-13-19-30)31(27-16-10-7-11-17-27)34(41)28-20-22-29(38)23-21-28/h7-8,10-13,16-23,26,44-45H,5-6,9,14-15,24-25H2,1-4H3,(H,39,42). The summed E-state index contributed by atoms with van der Waals surface area (Å²) in [6.45, 7) is 9.06. The lowest BCUT2D eigenvalue weighted by Gasteiger charge is -2.28. The van der Waals surface area contributed by atoms with Crippen LogP contribution in [0.2, 0.25) is 0 Å². The van der Waals surface area contributed by atoms with Crippen molar-refractivity contribution in [1.82, 2.24) is 9.47 Å². The molecular formula is C37H44FN3O4. The quantitative estimate of drug-likeness (QED) is 0.102. The zero-order valence-corrected chi connectivity index (χ0v) is 26.6. The topological polar surface area (TPSA) is 94.8 Å². The number of aliphatic hydroxyl groups is 2. The van der Waals surface area contributed by atoms with Crippen LogP contribution in [0.5, 0.6) is 0 Å². The highest BCUT2D eigenvalue weighted by atomic mass is 19.1. The van der Waals surface area contributed by atoms with E-state index in [0.29, 0.717) is 50.1 Å². The Kier molecular flexibility index (Phi) is 11.3. The molecule has 3 N–H and O–H groups in total. The number of benzene rings is 3. The van der Waals surface area contributed by atoms with Gasteiger partial charge in [-0.1, -0.05) is 68.8 Å². The van der Waals surface area contributed by atoms with E-state index < -0.39 is 11.7 Å². The number of unbranched alkanes of at least 4 members (excludes halogenated alkanes) is 2. The lowest BCUT2D eigenvalue weighted by atomic mass is 9.94. The van der Waals surface area contributed by atoms with E-state index in [9.17, 15) is 24.2 Å². The molecule has 45 heavy (non-hydrogen) atoms. The average molecular weight is 614 g/mol. The Morgan fingerprint density at radius 2 is 1.44 bits per heavy atom. The van der Waals surface area contributed by atoms with Gasteiger partial charge in [0.1, 0.15) is 5.82 Å². The number of nitrogens with one attached hydrogen (secondary N) is 1. The number of amides is 2. The van der Waals surface area contributed by atoms with E-state index in [1.165, 1.54) is 17.0 Å². The van der Waals surface area contributed by atoms with Gasteiger partial charge in [0.05, 0.1) is 11.3 Å². The number of para-hydroxylation sites is 1. The highest BCUT2D eigenvalue weighted by Crippen LogP contribution is 2.42. The van der Waals surface area contributed by atoms with Crippen LogP contribution in [0.15, 0.2) is 84.9 Å². The molecule has 1 heterocycles. The fourth-order valence-corrected chi connectivity index (χ4v) is 5.90. The lowest BCUT2D eigenvalue weighted by molar-refractivity contribution is -0.198. The van der Waals surface area contributed by atoms with Crippen molar-refractivity contribution < 1.29 is 24.2 Å². The first-order valence-electron chi connectivity index (χ1n) is 15.8. The molecule has 4 rings (SSSR count). The second kappa shape index (κ2) is 15.1. The molecular weight excluding hydrogens is 569 g/mol. The molecule has 0 radical (unpaired) electrons. The molecule has 0 unspecified atom stereocenters. The van der Waals surface area contributed by atoms with E-state index in [1.807, 2.05) is 60.7 Å². The zero-order chi connectivity index (χ0) is 32.6. The van der Waals surface area contributed by atoms with Gasteiger partial charge in [-0.2, -0.15) is 0 Å². The Morgan fingerprint density at radius 3 is 2.02 bits per heavy atom. The number of hydrogen-bond acceptors (Lipinski definition) is 4. The first-order chi connectivity index (χ1) is 21.6. The summed E-state index contributed by atoms with van der Waals surface area (Å²) in [5.41, 5.74) is 5.35. The fourth-order valence-electron chi connectivity index (χ4n) is 5.90. The number of nitrogens with zero attached hydrogens (tertiary/aromatic N) is 2. The monoisotopic (exact) mass is 613 g/mol. The van der Waals surface area contributed by atoms with Crippen molar-refractivity contribution in [3.05, 3.63) is 102 Å². The number of likely N-dealkylation sites (N-methyl/N-ethyl adjacent to an activating group) is 1. The maximum atomic E-state index is 14.2. The molecule has 0 saturated carbocycles. The second-order valence-electron chi connectivity index (χ2n) is 11.6. The highest BCUT2D eigenvalue weighted by molar-refractivity contribution is 6.12.